The summed E-state index contributed by atoms with van der Waals surface area (Å²) in [5.74, 6) is 1.68. The number of fused-ring (bicyclic) bond motifs is 1. The number of hydrogen-bond donors (Lipinski definition) is 0. The molecule has 0 saturated heterocycles. The molecule has 0 radical (unpaired) electrons. The highest BCUT2D eigenvalue weighted by molar-refractivity contribution is 5.96. The summed E-state index contributed by atoms with van der Waals surface area (Å²) in [6.07, 6.45) is 0.483. The molecule has 2 heterocycles. The third-order valence-corrected chi connectivity index (χ3v) is 4.96. The number of carbonyl (C=O) groups excluding carboxylic acids is 1. The molecule has 2 aromatic carbocycles. The van der Waals surface area contributed by atoms with Gasteiger partial charge in [0.05, 0.1) is 20.8 Å². The van der Waals surface area contributed by atoms with Gasteiger partial charge in [-0.05, 0) is 42.8 Å². The number of oxazole rings is 1. The van der Waals surface area contributed by atoms with Gasteiger partial charge in [0.15, 0.2) is 23.0 Å². The smallest absolute Gasteiger partial charge is 0.254 e. The van der Waals surface area contributed by atoms with E-state index in [4.69, 9.17) is 18.5 Å². The van der Waals surface area contributed by atoms with Gasteiger partial charge in [-0.3, -0.25) is 4.79 Å². The van der Waals surface area contributed by atoms with Crippen molar-refractivity contribution in [2.24, 2.45) is 0 Å². The molecule has 0 N–H and O–H groups in total. The Labute approximate surface area is 178 Å². The lowest BCUT2D eigenvalue weighted by molar-refractivity contribution is 0.0782. The molecule has 0 aliphatic heterocycles. The zero-order valence-corrected chi connectivity index (χ0v) is 17.7. The van der Waals surface area contributed by atoms with Gasteiger partial charge in [-0.15, -0.1) is 0 Å². The molecule has 0 aliphatic rings. The minimum absolute atomic E-state index is 0.165. The number of benzene rings is 2. The minimum Gasteiger partial charge on any atom is -0.493 e. The van der Waals surface area contributed by atoms with Crippen LogP contribution < -0.4 is 9.47 Å². The Morgan fingerprint density at radius 3 is 2.58 bits per heavy atom. The van der Waals surface area contributed by atoms with Gasteiger partial charge in [0, 0.05) is 19.0 Å². The fourth-order valence-corrected chi connectivity index (χ4v) is 3.26. The Morgan fingerprint density at radius 2 is 1.87 bits per heavy atom. The number of methoxy groups -OCH3 is 2. The van der Waals surface area contributed by atoms with Crippen LogP contribution in [0.1, 0.15) is 33.2 Å². The van der Waals surface area contributed by atoms with E-state index in [1.807, 2.05) is 18.2 Å². The molecule has 9 nitrogen and oxygen atoms in total. The maximum Gasteiger partial charge on any atom is 0.254 e. The Bertz CT molecular complexity index is 1230. The van der Waals surface area contributed by atoms with Crippen molar-refractivity contribution in [2.75, 3.05) is 21.3 Å². The van der Waals surface area contributed by atoms with Crippen LogP contribution in [-0.4, -0.2) is 47.4 Å². The zero-order chi connectivity index (χ0) is 22.0. The lowest BCUT2D eigenvalue weighted by Crippen LogP contribution is -2.26. The fourth-order valence-electron chi connectivity index (χ4n) is 3.26. The van der Waals surface area contributed by atoms with Gasteiger partial charge in [0.2, 0.25) is 0 Å². The number of carbonyl (C=O) groups is 1. The first-order chi connectivity index (χ1) is 15.0. The summed E-state index contributed by atoms with van der Waals surface area (Å²) >= 11 is 0. The van der Waals surface area contributed by atoms with E-state index in [0.29, 0.717) is 58.4 Å². The molecule has 4 rings (SSSR count). The number of nitrogens with zero attached hydrogens (tertiary/aromatic N) is 4. The largest absolute Gasteiger partial charge is 0.493 e. The SMILES string of the molecule is COc1ccc(Cc2nc3ccc(C(=O)N(C)Cc4nonc4C)cc3o2)cc1OC. The van der Waals surface area contributed by atoms with E-state index in [1.54, 1.807) is 51.3 Å². The van der Waals surface area contributed by atoms with E-state index in [1.165, 1.54) is 0 Å². The molecule has 0 spiro atoms. The first kappa shape index (κ1) is 20.4. The summed E-state index contributed by atoms with van der Waals surface area (Å²) in [5.41, 5.74) is 3.98. The Hall–Kier alpha value is -3.88. The lowest BCUT2D eigenvalue weighted by Gasteiger charge is -2.15. The highest BCUT2D eigenvalue weighted by Crippen LogP contribution is 2.29. The molecular formula is C22H22N4O5. The molecule has 0 unspecified atom stereocenters. The van der Waals surface area contributed by atoms with Gasteiger partial charge in [-0.25, -0.2) is 9.61 Å². The van der Waals surface area contributed by atoms with Crippen LogP contribution in [0.15, 0.2) is 45.4 Å². The van der Waals surface area contributed by atoms with Crippen LogP contribution in [0.2, 0.25) is 0 Å². The van der Waals surface area contributed by atoms with Crippen LogP contribution >= 0.6 is 0 Å². The normalized spacial score (nSPS) is 11.0. The van der Waals surface area contributed by atoms with Gasteiger partial charge in [-0.2, -0.15) is 0 Å². The summed E-state index contributed by atoms with van der Waals surface area (Å²) in [4.78, 5) is 18.9. The van der Waals surface area contributed by atoms with E-state index in [0.717, 1.165) is 5.56 Å². The minimum atomic E-state index is -0.165. The number of ether oxygens (including phenoxy) is 2. The summed E-state index contributed by atoms with van der Waals surface area (Å²) in [6, 6.07) is 10.9. The second-order valence-corrected chi connectivity index (χ2v) is 7.11. The highest BCUT2D eigenvalue weighted by Gasteiger charge is 2.17. The molecule has 0 aliphatic carbocycles. The van der Waals surface area contributed by atoms with Crippen LogP contribution in [0.4, 0.5) is 0 Å². The average molecular weight is 422 g/mol. The van der Waals surface area contributed by atoms with Crippen molar-refractivity contribution < 1.29 is 23.3 Å². The van der Waals surface area contributed by atoms with E-state index >= 15 is 0 Å². The molecule has 0 atom stereocenters. The monoisotopic (exact) mass is 422 g/mol. The third-order valence-electron chi connectivity index (χ3n) is 4.96. The number of aryl methyl sites for hydroxylation is 1. The molecular weight excluding hydrogens is 400 g/mol. The molecule has 4 aromatic rings. The fraction of sp³-hybridized carbons (Fsp3) is 0.273. The van der Waals surface area contributed by atoms with Crippen LogP contribution in [-0.2, 0) is 13.0 Å². The van der Waals surface area contributed by atoms with Crippen molar-refractivity contribution in [3.63, 3.8) is 0 Å². The topological polar surface area (TPSA) is 104 Å². The molecule has 0 fully saturated rings. The summed E-state index contributed by atoms with van der Waals surface area (Å²) in [6.45, 7) is 2.08. The van der Waals surface area contributed by atoms with Gasteiger partial charge >= 0.3 is 0 Å². The van der Waals surface area contributed by atoms with Crippen molar-refractivity contribution in [3.05, 3.63) is 64.8 Å². The first-order valence-electron chi connectivity index (χ1n) is 9.62. The number of amides is 1. The van der Waals surface area contributed by atoms with Crippen LogP contribution in [0.25, 0.3) is 11.1 Å². The van der Waals surface area contributed by atoms with Crippen molar-refractivity contribution in [1.82, 2.24) is 20.2 Å². The standard InChI is InChI=1S/C22H22N4O5/c1-13-17(25-31-24-13)12-26(2)22(27)15-6-7-16-19(11-15)30-21(23-16)10-14-5-8-18(28-3)20(9-14)29-4/h5-9,11H,10,12H2,1-4H3. The van der Waals surface area contributed by atoms with E-state index in [-0.39, 0.29) is 5.91 Å². The van der Waals surface area contributed by atoms with Crippen molar-refractivity contribution in [2.45, 2.75) is 19.9 Å². The maximum atomic E-state index is 12.8. The van der Waals surface area contributed by atoms with Gasteiger partial charge < -0.3 is 18.8 Å². The molecule has 160 valence electrons. The quantitative estimate of drug-likeness (QED) is 0.446. The maximum absolute atomic E-state index is 12.8. The van der Waals surface area contributed by atoms with E-state index in [9.17, 15) is 4.79 Å². The first-order valence-corrected chi connectivity index (χ1v) is 9.62. The van der Waals surface area contributed by atoms with Crippen LogP contribution in [0.3, 0.4) is 0 Å². The second-order valence-electron chi connectivity index (χ2n) is 7.11. The predicted octanol–water partition coefficient (Wildman–Crippen LogP) is 3.40. The molecule has 0 saturated carbocycles. The van der Waals surface area contributed by atoms with Gasteiger partial charge in [-0.1, -0.05) is 16.4 Å². The predicted molar refractivity (Wildman–Crippen MR) is 111 cm³/mol. The summed E-state index contributed by atoms with van der Waals surface area (Å²) in [5, 5.41) is 7.56. The van der Waals surface area contributed by atoms with Crippen molar-refractivity contribution >= 4 is 17.0 Å². The average Bonchev–Trinajstić information content (AvgIpc) is 3.37. The van der Waals surface area contributed by atoms with Gasteiger partial charge in [0.1, 0.15) is 16.9 Å². The third kappa shape index (κ3) is 4.20. The lowest BCUT2D eigenvalue weighted by atomic mass is 10.1. The number of rotatable bonds is 7. The Morgan fingerprint density at radius 1 is 1.06 bits per heavy atom. The van der Waals surface area contributed by atoms with Crippen LogP contribution in [0.5, 0.6) is 11.5 Å². The van der Waals surface area contributed by atoms with Crippen LogP contribution in [0, 0.1) is 6.92 Å². The summed E-state index contributed by atoms with van der Waals surface area (Å²) in [7, 11) is 4.89. The van der Waals surface area contributed by atoms with E-state index in [2.05, 4.69) is 15.3 Å². The molecule has 31 heavy (non-hydrogen) atoms. The van der Waals surface area contributed by atoms with Gasteiger partial charge in [0.25, 0.3) is 5.91 Å². The second kappa shape index (κ2) is 8.47. The molecule has 1 amide bonds. The Kier molecular flexibility index (Phi) is 5.57. The Balaban J connectivity index is 1.53. The van der Waals surface area contributed by atoms with E-state index < -0.39 is 0 Å². The molecule has 0 bridgehead atoms. The van der Waals surface area contributed by atoms with Crippen molar-refractivity contribution in [3.8, 4) is 11.5 Å². The zero-order valence-electron chi connectivity index (χ0n) is 17.7. The molecule has 2 aromatic heterocycles. The van der Waals surface area contributed by atoms with Crippen molar-refractivity contribution in [1.29, 1.82) is 0 Å². The number of hydrogen-bond acceptors (Lipinski definition) is 8. The molecule has 9 heteroatoms. The highest BCUT2D eigenvalue weighted by atomic mass is 16.6. The number of aromatic nitrogens is 3. The summed E-state index contributed by atoms with van der Waals surface area (Å²) < 4.78 is 21.2.